The van der Waals surface area contributed by atoms with E-state index in [0.29, 0.717) is 67.5 Å². The van der Waals surface area contributed by atoms with Crippen molar-refractivity contribution in [2.24, 2.45) is 0 Å². The zero-order valence-electron chi connectivity index (χ0n) is 31.8. The van der Waals surface area contributed by atoms with E-state index in [9.17, 15) is 27.6 Å². The van der Waals surface area contributed by atoms with Crippen molar-refractivity contribution in [3.63, 3.8) is 0 Å². The summed E-state index contributed by atoms with van der Waals surface area (Å²) in [5.74, 6) is -0.440. The number of hydrogen-bond donors (Lipinski definition) is 2. The van der Waals surface area contributed by atoms with Gasteiger partial charge in [0.1, 0.15) is 11.7 Å². The quantitative estimate of drug-likeness (QED) is 0.239. The zero-order chi connectivity index (χ0) is 39.3. The van der Waals surface area contributed by atoms with Gasteiger partial charge in [-0.1, -0.05) is 25.0 Å². The van der Waals surface area contributed by atoms with Crippen LogP contribution in [-0.2, 0) is 32.7 Å². The molecule has 5 aliphatic rings. The summed E-state index contributed by atoms with van der Waals surface area (Å²) in [6, 6.07) is 16.0. The second-order valence-electron chi connectivity index (χ2n) is 15.9. The molecule has 0 bridgehead atoms. The van der Waals surface area contributed by atoms with Crippen LogP contribution in [0.4, 0.5) is 11.6 Å². The second-order valence-corrected chi connectivity index (χ2v) is 17.9. The van der Waals surface area contributed by atoms with Gasteiger partial charge >= 0.3 is 0 Å². The van der Waals surface area contributed by atoms with Crippen LogP contribution >= 0.6 is 0 Å². The van der Waals surface area contributed by atoms with Crippen LogP contribution in [0.25, 0.3) is 11.0 Å². The van der Waals surface area contributed by atoms with Crippen LogP contribution in [0.2, 0.25) is 0 Å². The zero-order valence-corrected chi connectivity index (χ0v) is 32.6. The number of piperazine rings is 1. The fourth-order valence-electron chi connectivity index (χ4n) is 9.18. The van der Waals surface area contributed by atoms with Crippen LogP contribution in [0.3, 0.4) is 0 Å². The Kier molecular flexibility index (Phi) is 10.0. The van der Waals surface area contributed by atoms with Gasteiger partial charge in [0.2, 0.25) is 27.8 Å². The van der Waals surface area contributed by atoms with Crippen LogP contribution in [0.5, 0.6) is 0 Å². The lowest BCUT2D eigenvalue weighted by Gasteiger charge is -2.36. The van der Waals surface area contributed by atoms with Crippen LogP contribution in [-0.4, -0.2) is 106 Å². The summed E-state index contributed by atoms with van der Waals surface area (Å²) in [4.78, 5) is 65.8. The first-order chi connectivity index (χ1) is 27.6. The Bertz CT molecular complexity index is 2400. The van der Waals surface area contributed by atoms with Gasteiger partial charge in [0.15, 0.2) is 0 Å². The summed E-state index contributed by atoms with van der Waals surface area (Å²) in [7, 11) is -3.70. The first-order valence-electron chi connectivity index (χ1n) is 20.1. The Hall–Kier alpha value is -5.19. The number of imide groups is 1. The third-order valence-corrected chi connectivity index (χ3v) is 14.2. The fraction of sp³-hybridized carbons (Fsp3) is 0.463. The van der Waals surface area contributed by atoms with Gasteiger partial charge in [-0.2, -0.15) is 9.29 Å². The minimum absolute atomic E-state index is 0.00101. The van der Waals surface area contributed by atoms with E-state index in [1.165, 1.54) is 0 Å². The van der Waals surface area contributed by atoms with E-state index in [-0.39, 0.29) is 35.9 Å². The molecule has 6 heterocycles. The van der Waals surface area contributed by atoms with Gasteiger partial charge in [-0.25, -0.2) is 13.4 Å². The Morgan fingerprint density at radius 1 is 0.842 bits per heavy atom. The van der Waals surface area contributed by atoms with Gasteiger partial charge in [-0.05, 0) is 79.6 Å². The number of hydrogen-bond acceptors (Lipinski definition) is 11. The van der Waals surface area contributed by atoms with E-state index in [0.717, 1.165) is 74.1 Å². The lowest BCUT2D eigenvalue weighted by Crippen LogP contribution is -2.52. The van der Waals surface area contributed by atoms with E-state index in [4.69, 9.17) is 4.98 Å². The molecule has 15 nitrogen and oxygen atoms in total. The van der Waals surface area contributed by atoms with Gasteiger partial charge in [-0.15, -0.1) is 0 Å². The van der Waals surface area contributed by atoms with Crippen molar-refractivity contribution in [1.82, 2.24) is 34.0 Å². The minimum Gasteiger partial charge on any atom is -0.369 e. The Labute approximate surface area is 331 Å². The Morgan fingerprint density at radius 2 is 1.63 bits per heavy atom. The molecule has 3 saturated heterocycles. The fourth-order valence-corrected chi connectivity index (χ4v) is 10.7. The molecule has 3 amide bonds. The highest BCUT2D eigenvalue weighted by molar-refractivity contribution is 7.89. The summed E-state index contributed by atoms with van der Waals surface area (Å²) in [6.07, 6.45) is 7.67. The number of amides is 3. The molecular weight excluding hydrogens is 747 g/mol. The molecule has 298 valence electrons. The second kappa shape index (κ2) is 15.3. The summed E-state index contributed by atoms with van der Waals surface area (Å²) < 4.78 is 31.1. The maximum absolute atomic E-state index is 13.8. The number of fused-ring (bicyclic) bond motifs is 2. The van der Waals surface area contributed by atoms with Crippen molar-refractivity contribution in [2.45, 2.75) is 87.5 Å². The number of piperidine rings is 2. The van der Waals surface area contributed by atoms with Gasteiger partial charge < -0.3 is 15.1 Å². The number of carbonyl (C=O) groups excluding carboxylic acids is 3. The standard InChI is InChI=1S/C41H47N9O6S/c51-36-12-11-35(39(53)44-36)49-26-29-23-32(9-10-34(29)40(49)54)47-20-18-46(19-21-47)25-27-4-3-7-33(22-27)57(55,56)48-16-14-30(15-17-48)43-41-42-24-28-8-13-37(52)50(38(28)45-41)31-5-1-2-6-31/h3-4,7-10,13,22-24,30-31,35H,1-2,5-6,11-12,14-21,25-26H2,(H,42,43,45)(H,44,51,53). The third-order valence-electron chi connectivity index (χ3n) is 12.3. The molecule has 9 rings (SSSR count). The van der Waals surface area contributed by atoms with Crippen molar-refractivity contribution < 1.29 is 22.8 Å². The number of benzene rings is 2. The van der Waals surface area contributed by atoms with Gasteiger partial charge in [-0.3, -0.25) is 34.0 Å². The van der Waals surface area contributed by atoms with Crippen molar-refractivity contribution in [2.75, 3.05) is 49.5 Å². The molecule has 1 atom stereocenters. The Balaban J connectivity index is 0.784. The van der Waals surface area contributed by atoms with Crippen LogP contribution in [0.1, 0.15) is 78.9 Å². The van der Waals surface area contributed by atoms with Crippen molar-refractivity contribution in [1.29, 1.82) is 0 Å². The molecule has 4 fully saturated rings. The van der Waals surface area contributed by atoms with Gasteiger partial charge in [0, 0.05) is 99.8 Å². The highest BCUT2D eigenvalue weighted by Gasteiger charge is 2.39. The van der Waals surface area contributed by atoms with Gasteiger partial charge in [0.25, 0.3) is 11.5 Å². The maximum atomic E-state index is 13.8. The van der Waals surface area contributed by atoms with E-state index in [1.54, 1.807) is 39.7 Å². The lowest BCUT2D eigenvalue weighted by atomic mass is 10.0. The molecule has 1 aliphatic carbocycles. The number of rotatable bonds is 9. The molecule has 4 aliphatic heterocycles. The lowest BCUT2D eigenvalue weighted by molar-refractivity contribution is -0.136. The van der Waals surface area contributed by atoms with Crippen molar-refractivity contribution in [3.8, 4) is 0 Å². The van der Waals surface area contributed by atoms with E-state index < -0.39 is 22.0 Å². The average Bonchev–Trinajstić information content (AvgIpc) is 3.86. The molecule has 0 radical (unpaired) electrons. The van der Waals surface area contributed by atoms with E-state index in [2.05, 4.69) is 25.4 Å². The van der Waals surface area contributed by atoms with Gasteiger partial charge in [0.05, 0.1) is 4.90 Å². The van der Waals surface area contributed by atoms with Crippen LogP contribution in [0.15, 0.2) is 70.5 Å². The normalized spacial score (nSPS) is 21.7. The SMILES string of the molecule is O=C1CCC(N2Cc3cc(N4CCN(Cc5cccc(S(=O)(=O)N6CCC(Nc7ncc8ccc(=O)n(C9CCCC9)c8n7)CC6)c5)CC4)ccc3C2=O)C(=O)N1. The first-order valence-corrected chi connectivity index (χ1v) is 21.5. The maximum Gasteiger partial charge on any atom is 0.255 e. The summed E-state index contributed by atoms with van der Waals surface area (Å²) in [5, 5.41) is 6.60. The van der Waals surface area contributed by atoms with Crippen LogP contribution in [0, 0.1) is 0 Å². The molecule has 2 aromatic heterocycles. The number of sulfonamides is 1. The topological polar surface area (TPSA) is 170 Å². The highest BCUT2D eigenvalue weighted by atomic mass is 32.2. The molecule has 1 saturated carbocycles. The number of pyridine rings is 1. The Morgan fingerprint density at radius 3 is 2.40 bits per heavy atom. The molecule has 0 spiro atoms. The predicted molar refractivity (Wildman–Crippen MR) is 213 cm³/mol. The molecule has 2 N–H and O–H groups in total. The summed E-state index contributed by atoms with van der Waals surface area (Å²) >= 11 is 0. The molecule has 4 aromatic rings. The smallest absolute Gasteiger partial charge is 0.255 e. The number of nitrogens with one attached hydrogen (secondary N) is 2. The van der Waals surface area contributed by atoms with Crippen molar-refractivity contribution >= 4 is 50.4 Å². The third kappa shape index (κ3) is 7.41. The largest absolute Gasteiger partial charge is 0.369 e. The number of carbonyl (C=O) groups is 3. The average molecular weight is 794 g/mol. The van der Waals surface area contributed by atoms with E-state index in [1.807, 2.05) is 34.9 Å². The molecule has 2 aromatic carbocycles. The van der Waals surface area contributed by atoms with Crippen LogP contribution < -0.4 is 21.1 Å². The highest BCUT2D eigenvalue weighted by Crippen LogP contribution is 2.33. The number of aromatic nitrogens is 3. The summed E-state index contributed by atoms with van der Waals surface area (Å²) in [6.45, 7) is 4.84. The summed E-state index contributed by atoms with van der Waals surface area (Å²) in [5.41, 5.74) is 4.05. The molecular formula is C41H47N9O6S. The van der Waals surface area contributed by atoms with Crippen molar-refractivity contribution in [3.05, 3.63) is 87.8 Å². The monoisotopic (exact) mass is 793 g/mol. The number of nitrogens with zero attached hydrogens (tertiary/aromatic N) is 7. The van der Waals surface area contributed by atoms with E-state index >= 15 is 0 Å². The predicted octanol–water partition coefficient (Wildman–Crippen LogP) is 3.26. The number of anilines is 2. The molecule has 16 heteroatoms. The minimum atomic E-state index is -3.70. The molecule has 1 unspecified atom stereocenters. The molecule has 57 heavy (non-hydrogen) atoms. The first kappa shape index (κ1) is 37.4.